The molecule has 0 amide bonds. The molecule has 3 rings (SSSR count). The molecule has 0 atom stereocenters. The number of para-hydroxylation sites is 1. The third kappa shape index (κ3) is 2.55. The first-order valence-electron chi connectivity index (χ1n) is 7.24. The van der Waals surface area contributed by atoms with E-state index in [2.05, 4.69) is 5.10 Å². The lowest BCUT2D eigenvalue weighted by Crippen LogP contribution is -2.15. The second-order valence-electron chi connectivity index (χ2n) is 5.45. The van der Waals surface area contributed by atoms with Gasteiger partial charge in [-0.25, -0.2) is 13.9 Å². The molecule has 0 unspecified atom stereocenters. The predicted octanol–water partition coefficient (Wildman–Crippen LogP) is 3.76. The Kier molecular flexibility index (Phi) is 3.73. The van der Waals surface area contributed by atoms with Gasteiger partial charge >= 0.3 is 5.97 Å². The van der Waals surface area contributed by atoms with Crippen molar-refractivity contribution in [3.8, 4) is 5.69 Å². The first-order chi connectivity index (χ1) is 10.2. The fourth-order valence-electron chi connectivity index (χ4n) is 3.11. The number of benzene rings is 1. The van der Waals surface area contributed by atoms with Crippen molar-refractivity contribution in [3.05, 3.63) is 47.5 Å². The van der Waals surface area contributed by atoms with Crippen LogP contribution in [0.4, 0.5) is 4.39 Å². The minimum atomic E-state index is -1.00. The molecule has 4 nitrogen and oxygen atoms in total. The molecule has 0 radical (unpaired) electrons. The Labute approximate surface area is 122 Å². The van der Waals surface area contributed by atoms with Crippen LogP contribution in [0.2, 0.25) is 0 Å². The van der Waals surface area contributed by atoms with Crippen LogP contribution in [0.15, 0.2) is 30.5 Å². The van der Waals surface area contributed by atoms with Gasteiger partial charge in [0, 0.05) is 5.92 Å². The number of nitrogens with zero attached hydrogens (tertiary/aromatic N) is 2. The highest BCUT2D eigenvalue weighted by Crippen LogP contribution is 2.35. The van der Waals surface area contributed by atoms with E-state index in [4.69, 9.17) is 0 Å². The number of rotatable bonds is 3. The molecule has 110 valence electrons. The average Bonchev–Trinajstić information content (AvgIpc) is 2.93. The molecule has 1 saturated carbocycles. The molecule has 0 aliphatic heterocycles. The second kappa shape index (κ2) is 5.68. The van der Waals surface area contributed by atoms with Crippen LogP contribution in [-0.4, -0.2) is 20.9 Å². The van der Waals surface area contributed by atoms with E-state index in [9.17, 15) is 14.3 Å². The zero-order valence-electron chi connectivity index (χ0n) is 11.6. The molecular formula is C16H17FN2O2. The molecule has 21 heavy (non-hydrogen) atoms. The molecular weight excluding hydrogens is 271 g/mol. The summed E-state index contributed by atoms with van der Waals surface area (Å²) in [4.78, 5) is 11.4. The number of hydrogen-bond donors (Lipinski definition) is 1. The molecule has 1 heterocycles. The van der Waals surface area contributed by atoms with Crippen LogP contribution in [0.25, 0.3) is 5.69 Å². The molecule has 1 aliphatic carbocycles. The van der Waals surface area contributed by atoms with Gasteiger partial charge in [-0.05, 0) is 25.0 Å². The zero-order valence-corrected chi connectivity index (χ0v) is 11.6. The Morgan fingerprint density at radius 2 is 1.95 bits per heavy atom. The number of hydrogen-bond acceptors (Lipinski definition) is 2. The van der Waals surface area contributed by atoms with E-state index in [1.54, 1.807) is 18.2 Å². The SMILES string of the molecule is O=C(O)c1cnn(-c2ccccc2F)c1C1CCCCC1. The van der Waals surface area contributed by atoms with Gasteiger partial charge in [0.2, 0.25) is 0 Å². The fourth-order valence-corrected chi connectivity index (χ4v) is 3.11. The lowest BCUT2D eigenvalue weighted by molar-refractivity contribution is 0.0694. The Bertz CT molecular complexity index is 660. The maximum Gasteiger partial charge on any atom is 0.339 e. The molecule has 5 heteroatoms. The van der Waals surface area contributed by atoms with Gasteiger partial charge in [-0.3, -0.25) is 0 Å². The largest absolute Gasteiger partial charge is 0.478 e. The van der Waals surface area contributed by atoms with Crippen LogP contribution >= 0.6 is 0 Å². The van der Waals surface area contributed by atoms with Gasteiger partial charge in [0.1, 0.15) is 17.1 Å². The van der Waals surface area contributed by atoms with E-state index in [1.807, 2.05) is 0 Å². The van der Waals surface area contributed by atoms with Crippen molar-refractivity contribution in [1.29, 1.82) is 0 Å². The lowest BCUT2D eigenvalue weighted by atomic mass is 9.85. The quantitative estimate of drug-likeness (QED) is 0.935. The number of aromatic nitrogens is 2. The summed E-state index contributed by atoms with van der Waals surface area (Å²) in [6.07, 6.45) is 6.52. The van der Waals surface area contributed by atoms with Crippen LogP contribution in [0.3, 0.4) is 0 Å². The molecule has 0 spiro atoms. The molecule has 1 fully saturated rings. The van der Waals surface area contributed by atoms with Crippen molar-refractivity contribution < 1.29 is 14.3 Å². The third-order valence-corrected chi connectivity index (χ3v) is 4.11. The van der Waals surface area contributed by atoms with Crippen LogP contribution in [0.1, 0.15) is 54.1 Å². The maximum atomic E-state index is 14.0. The molecule has 1 aromatic heterocycles. The van der Waals surface area contributed by atoms with Gasteiger partial charge in [0.25, 0.3) is 0 Å². The van der Waals surface area contributed by atoms with E-state index in [-0.39, 0.29) is 11.5 Å². The van der Waals surface area contributed by atoms with E-state index in [1.165, 1.54) is 23.4 Å². The summed E-state index contributed by atoms with van der Waals surface area (Å²) >= 11 is 0. The predicted molar refractivity (Wildman–Crippen MR) is 76.3 cm³/mol. The topological polar surface area (TPSA) is 55.1 Å². The third-order valence-electron chi connectivity index (χ3n) is 4.11. The van der Waals surface area contributed by atoms with E-state index in [0.29, 0.717) is 11.4 Å². The summed E-state index contributed by atoms with van der Waals surface area (Å²) in [6.45, 7) is 0. The van der Waals surface area contributed by atoms with Crippen LogP contribution in [0, 0.1) is 5.82 Å². The van der Waals surface area contributed by atoms with Crippen molar-refractivity contribution in [3.63, 3.8) is 0 Å². The second-order valence-corrected chi connectivity index (χ2v) is 5.45. The summed E-state index contributed by atoms with van der Waals surface area (Å²) in [6, 6.07) is 6.33. The van der Waals surface area contributed by atoms with Crippen molar-refractivity contribution in [2.45, 2.75) is 38.0 Å². The molecule has 1 N–H and O–H groups in total. The van der Waals surface area contributed by atoms with E-state index >= 15 is 0 Å². The van der Waals surface area contributed by atoms with Crippen LogP contribution in [0.5, 0.6) is 0 Å². The van der Waals surface area contributed by atoms with Crippen molar-refractivity contribution in [2.75, 3.05) is 0 Å². The molecule has 1 aromatic carbocycles. The van der Waals surface area contributed by atoms with Gasteiger partial charge in [-0.2, -0.15) is 5.10 Å². The smallest absolute Gasteiger partial charge is 0.339 e. The summed E-state index contributed by atoms with van der Waals surface area (Å²) in [5, 5.41) is 13.5. The number of carboxylic acid groups (broad SMARTS) is 1. The Balaban J connectivity index is 2.12. The Morgan fingerprint density at radius 1 is 1.24 bits per heavy atom. The Morgan fingerprint density at radius 3 is 2.62 bits per heavy atom. The summed E-state index contributed by atoms with van der Waals surface area (Å²) in [5.74, 6) is -1.26. The normalized spacial score (nSPS) is 16.0. The Hall–Kier alpha value is -2.17. The van der Waals surface area contributed by atoms with Crippen molar-refractivity contribution in [1.82, 2.24) is 9.78 Å². The van der Waals surface area contributed by atoms with Crippen molar-refractivity contribution >= 4 is 5.97 Å². The molecule has 0 bridgehead atoms. The van der Waals surface area contributed by atoms with Gasteiger partial charge in [0.15, 0.2) is 0 Å². The van der Waals surface area contributed by atoms with Crippen molar-refractivity contribution in [2.24, 2.45) is 0 Å². The standard InChI is InChI=1S/C16H17FN2O2/c17-13-8-4-5-9-14(13)19-15(11-6-2-1-3-7-11)12(10-18-19)16(20)21/h4-5,8-11H,1-3,6-7H2,(H,20,21). The monoisotopic (exact) mass is 288 g/mol. The van der Waals surface area contributed by atoms with Gasteiger partial charge in [-0.1, -0.05) is 31.4 Å². The van der Waals surface area contributed by atoms with Gasteiger partial charge in [0.05, 0.1) is 11.9 Å². The number of aromatic carboxylic acids is 1. The maximum absolute atomic E-state index is 14.0. The van der Waals surface area contributed by atoms with Crippen LogP contribution < -0.4 is 0 Å². The summed E-state index contributed by atoms with van der Waals surface area (Å²) < 4.78 is 15.5. The van der Waals surface area contributed by atoms with Gasteiger partial charge in [-0.15, -0.1) is 0 Å². The lowest BCUT2D eigenvalue weighted by Gasteiger charge is -2.23. The summed E-state index contributed by atoms with van der Waals surface area (Å²) in [5.41, 5.74) is 1.13. The summed E-state index contributed by atoms with van der Waals surface area (Å²) in [7, 11) is 0. The van der Waals surface area contributed by atoms with E-state index < -0.39 is 11.8 Å². The highest BCUT2D eigenvalue weighted by molar-refractivity contribution is 5.89. The fraction of sp³-hybridized carbons (Fsp3) is 0.375. The van der Waals surface area contributed by atoms with Crippen LogP contribution in [-0.2, 0) is 0 Å². The number of carboxylic acids is 1. The molecule has 2 aromatic rings. The van der Waals surface area contributed by atoms with E-state index in [0.717, 1.165) is 25.7 Å². The minimum Gasteiger partial charge on any atom is -0.478 e. The first-order valence-corrected chi connectivity index (χ1v) is 7.24. The first kappa shape index (κ1) is 13.8. The average molecular weight is 288 g/mol. The number of halogens is 1. The highest BCUT2D eigenvalue weighted by atomic mass is 19.1. The highest BCUT2D eigenvalue weighted by Gasteiger charge is 2.27. The van der Waals surface area contributed by atoms with Gasteiger partial charge < -0.3 is 5.11 Å². The zero-order chi connectivity index (χ0) is 14.8. The minimum absolute atomic E-state index is 0.131. The molecule has 0 saturated heterocycles. The number of carbonyl (C=O) groups is 1. The molecule has 1 aliphatic rings.